The molecule has 0 aliphatic heterocycles. The van der Waals surface area contributed by atoms with Crippen molar-refractivity contribution in [3.63, 3.8) is 0 Å². The second-order valence-electron chi connectivity index (χ2n) is 8.85. The Balaban J connectivity index is 1.50. The molecule has 0 atom stereocenters. The predicted octanol–water partition coefficient (Wildman–Crippen LogP) is 7.13. The van der Waals surface area contributed by atoms with Gasteiger partial charge in [-0.1, -0.05) is 33.6 Å². The summed E-state index contributed by atoms with van der Waals surface area (Å²) in [5.74, 6) is -0.548. The van der Waals surface area contributed by atoms with Crippen molar-refractivity contribution >= 4 is 73.1 Å². The van der Waals surface area contributed by atoms with Gasteiger partial charge in [-0.15, -0.1) is 0 Å². The first-order chi connectivity index (χ1) is 21.1. The van der Waals surface area contributed by atoms with Crippen LogP contribution < -0.4 is 29.7 Å². The monoisotopic (exact) mass is 743 g/mol. The third kappa shape index (κ3) is 7.95. The minimum Gasteiger partial charge on any atom is -0.493 e. The molecule has 13 heteroatoms. The molecule has 0 aromatic heterocycles. The van der Waals surface area contributed by atoms with E-state index < -0.39 is 11.9 Å². The Bertz CT molecular complexity index is 1720. The highest BCUT2D eigenvalue weighted by atomic mass is 79.9. The van der Waals surface area contributed by atoms with Gasteiger partial charge in [0, 0.05) is 31.9 Å². The molecule has 2 amide bonds. The van der Waals surface area contributed by atoms with E-state index in [0.717, 1.165) is 0 Å². The minimum absolute atomic E-state index is 0.147. The molecule has 2 N–H and O–H groups in total. The molecule has 0 aliphatic carbocycles. The van der Waals surface area contributed by atoms with Gasteiger partial charge < -0.3 is 24.3 Å². The number of anilines is 1. The fourth-order valence-electron chi connectivity index (χ4n) is 3.90. The van der Waals surface area contributed by atoms with Crippen LogP contribution in [-0.2, 0) is 0 Å². The zero-order valence-electron chi connectivity index (χ0n) is 23.4. The van der Waals surface area contributed by atoms with Crippen LogP contribution in [0.5, 0.6) is 23.0 Å². The molecule has 0 saturated carbocycles. The van der Waals surface area contributed by atoms with Gasteiger partial charge in [0.1, 0.15) is 0 Å². The number of methoxy groups -OCH3 is 3. The van der Waals surface area contributed by atoms with Gasteiger partial charge in [-0.05, 0) is 82.7 Å². The lowest BCUT2D eigenvalue weighted by Crippen LogP contribution is -2.18. The van der Waals surface area contributed by atoms with E-state index in [1.54, 1.807) is 54.6 Å². The van der Waals surface area contributed by atoms with Gasteiger partial charge in [-0.2, -0.15) is 5.10 Å². The molecule has 0 heterocycles. The summed E-state index contributed by atoms with van der Waals surface area (Å²) in [6.45, 7) is 0. The van der Waals surface area contributed by atoms with E-state index in [4.69, 9.17) is 30.5 Å². The molecule has 0 spiro atoms. The third-order valence-corrected chi connectivity index (χ3v) is 7.29. The fraction of sp³-hybridized carbons (Fsp3) is 0.0968. The number of esters is 1. The van der Waals surface area contributed by atoms with Crippen LogP contribution in [0.4, 0.5) is 5.69 Å². The Hall–Kier alpha value is -4.39. The van der Waals surface area contributed by atoms with Crippen molar-refractivity contribution in [1.29, 1.82) is 0 Å². The molecule has 0 unspecified atom stereocenters. The molecule has 4 rings (SSSR count). The van der Waals surface area contributed by atoms with Crippen LogP contribution in [0, 0.1) is 0 Å². The van der Waals surface area contributed by atoms with Gasteiger partial charge >= 0.3 is 5.97 Å². The number of ether oxygens (including phenoxy) is 4. The van der Waals surface area contributed by atoms with Crippen molar-refractivity contribution in [1.82, 2.24) is 5.43 Å². The molecule has 0 aliphatic rings. The molecule has 226 valence electrons. The quantitative estimate of drug-likeness (QED) is 0.0767. The van der Waals surface area contributed by atoms with E-state index in [2.05, 4.69) is 47.7 Å². The molecule has 0 radical (unpaired) electrons. The van der Waals surface area contributed by atoms with E-state index >= 15 is 0 Å². The maximum Gasteiger partial charge on any atom is 0.343 e. The lowest BCUT2D eigenvalue weighted by atomic mass is 10.1. The lowest BCUT2D eigenvalue weighted by molar-refractivity contribution is 0.0731. The number of carbonyl (C=O) groups excluding carboxylic acids is 3. The third-order valence-electron chi connectivity index (χ3n) is 5.99. The summed E-state index contributed by atoms with van der Waals surface area (Å²) in [5, 5.41) is 7.31. The number of nitrogens with one attached hydrogen (secondary N) is 2. The van der Waals surface area contributed by atoms with Crippen molar-refractivity contribution in [3.05, 3.63) is 109 Å². The highest BCUT2D eigenvalue weighted by molar-refractivity contribution is 9.11. The number of rotatable bonds is 10. The van der Waals surface area contributed by atoms with E-state index in [1.807, 2.05) is 0 Å². The summed E-state index contributed by atoms with van der Waals surface area (Å²) >= 11 is 12.7. The Morgan fingerprint density at radius 3 is 2.09 bits per heavy atom. The molecule has 0 saturated heterocycles. The number of halogens is 3. The first kappa shape index (κ1) is 32.5. The average Bonchev–Trinajstić information content (AvgIpc) is 3.02. The van der Waals surface area contributed by atoms with Crippen LogP contribution in [0.3, 0.4) is 0 Å². The molecule has 4 aromatic rings. The van der Waals surface area contributed by atoms with Crippen LogP contribution in [-0.4, -0.2) is 45.3 Å². The van der Waals surface area contributed by atoms with Gasteiger partial charge in [0.2, 0.25) is 5.75 Å². The summed E-state index contributed by atoms with van der Waals surface area (Å²) in [4.78, 5) is 38.6. The smallest absolute Gasteiger partial charge is 0.343 e. The summed E-state index contributed by atoms with van der Waals surface area (Å²) < 4.78 is 22.8. The normalized spacial score (nSPS) is 10.7. The van der Waals surface area contributed by atoms with E-state index in [0.29, 0.717) is 36.5 Å². The second kappa shape index (κ2) is 14.9. The molecular formula is C31H24Br2ClN3O7. The Labute approximate surface area is 274 Å². The molecule has 0 fully saturated rings. The summed E-state index contributed by atoms with van der Waals surface area (Å²) in [7, 11) is 4.34. The summed E-state index contributed by atoms with van der Waals surface area (Å²) in [5.41, 5.74) is 4.04. The van der Waals surface area contributed by atoms with Crippen molar-refractivity contribution in [2.75, 3.05) is 26.6 Å². The zero-order valence-corrected chi connectivity index (χ0v) is 27.4. The molecule has 0 bridgehead atoms. The standard InChI is InChI=1S/C31H24Br2ClN3O7/c1-41-25-13-19(14-26(42-2)28(25)43-3)31(40)44-27-20(11-21(32)15-24(27)33)16-35-37-30(39)18-5-4-6-23(12-18)36-29(38)17-7-9-22(34)10-8-17/h4-16H,1-3H3,(H,36,38)(H,37,39). The van der Waals surface area contributed by atoms with Crippen molar-refractivity contribution in [2.45, 2.75) is 0 Å². The van der Waals surface area contributed by atoms with Crippen LogP contribution in [0.2, 0.25) is 5.02 Å². The van der Waals surface area contributed by atoms with Crippen LogP contribution in [0.15, 0.2) is 86.8 Å². The van der Waals surface area contributed by atoms with Gasteiger partial charge in [0.05, 0.1) is 37.6 Å². The molecular weight excluding hydrogens is 722 g/mol. The van der Waals surface area contributed by atoms with Gasteiger partial charge in [0.25, 0.3) is 11.8 Å². The Morgan fingerprint density at radius 2 is 1.45 bits per heavy atom. The maximum absolute atomic E-state index is 13.2. The van der Waals surface area contributed by atoms with Gasteiger partial charge in [-0.3, -0.25) is 9.59 Å². The maximum atomic E-state index is 13.2. The number of benzene rings is 4. The minimum atomic E-state index is -0.705. The number of hydrogen-bond donors (Lipinski definition) is 2. The van der Waals surface area contributed by atoms with Gasteiger partial charge in [0.15, 0.2) is 17.2 Å². The van der Waals surface area contributed by atoms with Crippen LogP contribution in [0.25, 0.3) is 0 Å². The van der Waals surface area contributed by atoms with Crippen molar-refractivity contribution in [2.24, 2.45) is 5.10 Å². The summed E-state index contributed by atoms with van der Waals surface area (Å²) in [6.07, 6.45) is 1.33. The highest BCUT2D eigenvalue weighted by Crippen LogP contribution is 2.39. The van der Waals surface area contributed by atoms with E-state index in [9.17, 15) is 14.4 Å². The lowest BCUT2D eigenvalue weighted by Gasteiger charge is -2.15. The van der Waals surface area contributed by atoms with Crippen molar-refractivity contribution < 1.29 is 33.3 Å². The molecule has 10 nitrogen and oxygen atoms in total. The van der Waals surface area contributed by atoms with Crippen molar-refractivity contribution in [3.8, 4) is 23.0 Å². The average molecular weight is 746 g/mol. The number of hydrogen-bond acceptors (Lipinski definition) is 8. The van der Waals surface area contributed by atoms with E-state index in [-0.39, 0.29) is 34.3 Å². The van der Waals surface area contributed by atoms with Gasteiger partial charge in [-0.25, -0.2) is 10.2 Å². The fourth-order valence-corrected chi connectivity index (χ4v) is 5.37. The van der Waals surface area contributed by atoms with E-state index in [1.165, 1.54) is 45.7 Å². The van der Waals surface area contributed by atoms with Crippen LogP contribution in [0.1, 0.15) is 36.6 Å². The number of nitrogens with zero attached hydrogens (tertiary/aromatic N) is 1. The van der Waals surface area contributed by atoms with Crippen LogP contribution >= 0.6 is 43.5 Å². The first-order valence-electron chi connectivity index (χ1n) is 12.6. The zero-order chi connectivity index (χ0) is 31.8. The Kier molecular flexibility index (Phi) is 11.0. The summed E-state index contributed by atoms with van der Waals surface area (Å²) in [6, 6.07) is 19.1. The second-order valence-corrected chi connectivity index (χ2v) is 11.1. The number of hydrazone groups is 1. The Morgan fingerprint density at radius 1 is 0.773 bits per heavy atom. The highest BCUT2D eigenvalue weighted by Gasteiger charge is 2.21. The first-order valence-corrected chi connectivity index (χ1v) is 14.6. The topological polar surface area (TPSA) is 125 Å². The SMILES string of the molecule is COc1cc(C(=O)Oc2c(Br)cc(Br)cc2C=NNC(=O)c2cccc(NC(=O)c3ccc(Cl)cc3)c2)cc(OC)c1OC. The number of amides is 2. The molecule has 44 heavy (non-hydrogen) atoms. The predicted molar refractivity (Wildman–Crippen MR) is 174 cm³/mol. The molecule has 4 aromatic carbocycles. The number of carbonyl (C=O) groups is 3. The largest absolute Gasteiger partial charge is 0.493 e.